The molecular formula is C14H20ClNO8. The van der Waals surface area contributed by atoms with E-state index in [1.165, 1.54) is 0 Å². The maximum Gasteiger partial charge on any atom is 0.217 e. The van der Waals surface area contributed by atoms with Crippen molar-refractivity contribution in [2.45, 2.75) is 56.2 Å². The van der Waals surface area contributed by atoms with Gasteiger partial charge in [-0.25, -0.2) is 0 Å². The lowest BCUT2D eigenvalue weighted by Gasteiger charge is -2.54. The van der Waals surface area contributed by atoms with Crippen LogP contribution in [0.1, 0.15) is 27.2 Å². The standard InChI is InChI=1S/C14H20ClNO8/c1-5(17)10(21)11-14(23,7(3)19)13(22,6(2)18)8(4-9(16)20)12(15)24-11/h8,10-12,21-23H,4H2,1-3H3,(H2,16,20)/t8-,10?,11-,12+,13-,14-/m1/s1. The number of amides is 1. The normalized spacial score (nSPS) is 37.5. The molecule has 136 valence electrons. The Morgan fingerprint density at radius 2 is 1.58 bits per heavy atom. The van der Waals surface area contributed by atoms with E-state index < -0.39 is 64.6 Å². The molecule has 0 aromatic carbocycles. The molecule has 0 radical (unpaired) electrons. The number of hydrogen-bond acceptors (Lipinski definition) is 8. The van der Waals surface area contributed by atoms with Gasteiger partial charge in [0.1, 0.15) is 17.8 Å². The van der Waals surface area contributed by atoms with E-state index in [4.69, 9.17) is 22.1 Å². The molecule has 0 aromatic heterocycles. The first-order valence-corrected chi connectivity index (χ1v) is 7.48. The Balaban J connectivity index is 3.64. The molecule has 10 heteroatoms. The van der Waals surface area contributed by atoms with E-state index in [9.17, 15) is 34.5 Å². The first-order chi connectivity index (χ1) is 10.8. The van der Waals surface area contributed by atoms with Gasteiger partial charge in [-0.15, -0.1) is 0 Å². The lowest BCUT2D eigenvalue weighted by atomic mass is 9.63. The number of nitrogens with two attached hydrogens (primary N) is 1. The molecule has 1 aliphatic rings. The summed E-state index contributed by atoms with van der Waals surface area (Å²) in [5.41, 5.74) is -2.40. The highest BCUT2D eigenvalue weighted by Gasteiger charge is 2.71. The van der Waals surface area contributed by atoms with Crippen LogP contribution < -0.4 is 5.73 Å². The second kappa shape index (κ2) is 6.85. The highest BCUT2D eigenvalue weighted by atomic mass is 35.5. The number of aliphatic hydroxyl groups is 3. The zero-order valence-corrected chi connectivity index (χ0v) is 14.1. The summed E-state index contributed by atoms with van der Waals surface area (Å²) in [7, 11) is 0. The summed E-state index contributed by atoms with van der Waals surface area (Å²) < 4.78 is 5.15. The quantitative estimate of drug-likeness (QED) is 0.393. The van der Waals surface area contributed by atoms with Crippen molar-refractivity contribution in [1.29, 1.82) is 0 Å². The van der Waals surface area contributed by atoms with Crippen LogP contribution in [-0.2, 0) is 23.9 Å². The predicted octanol–water partition coefficient (Wildman–Crippen LogP) is -1.97. The minimum Gasteiger partial charge on any atom is -0.382 e. The van der Waals surface area contributed by atoms with Gasteiger partial charge in [0.25, 0.3) is 0 Å². The van der Waals surface area contributed by atoms with E-state index in [-0.39, 0.29) is 0 Å². The molecule has 1 saturated heterocycles. The Labute approximate surface area is 142 Å². The minimum atomic E-state index is -3.00. The summed E-state index contributed by atoms with van der Waals surface area (Å²) in [6.07, 6.45) is -4.73. The number of carbonyl (C=O) groups excluding carboxylic acids is 4. The van der Waals surface area contributed by atoms with Crippen molar-refractivity contribution in [3.8, 4) is 0 Å². The van der Waals surface area contributed by atoms with Gasteiger partial charge in [-0.2, -0.15) is 0 Å². The summed E-state index contributed by atoms with van der Waals surface area (Å²) >= 11 is 5.94. The zero-order chi connectivity index (χ0) is 19.0. The molecule has 1 aliphatic heterocycles. The van der Waals surface area contributed by atoms with E-state index in [1.807, 2.05) is 0 Å². The summed E-state index contributed by atoms with van der Waals surface area (Å²) in [6.45, 7) is 2.67. The second-order valence-corrected chi connectivity index (χ2v) is 6.32. The first-order valence-electron chi connectivity index (χ1n) is 7.04. The molecule has 0 bridgehead atoms. The van der Waals surface area contributed by atoms with Crippen molar-refractivity contribution in [3.63, 3.8) is 0 Å². The molecule has 1 heterocycles. The topological polar surface area (TPSA) is 164 Å². The molecule has 1 fully saturated rings. The van der Waals surface area contributed by atoms with Crippen LogP contribution in [0.2, 0.25) is 0 Å². The first kappa shape index (κ1) is 20.7. The van der Waals surface area contributed by atoms with Gasteiger partial charge in [-0.05, 0) is 20.8 Å². The van der Waals surface area contributed by atoms with E-state index in [0.717, 1.165) is 20.8 Å². The Morgan fingerprint density at radius 3 is 1.92 bits per heavy atom. The Kier molecular flexibility index (Phi) is 5.89. The highest BCUT2D eigenvalue weighted by Crippen LogP contribution is 2.46. The van der Waals surface area contributed by atoms with Crippen molar-refractivity contribution >= 4 is 34.9 Å². The van der Waals surface area contributed by atoms with Gasteiger partial charge in [0, 0.05) is 12.3 Å². The molecule has 1 amide bonds. The van der Waals surface area contributed by atoms with Gasteiger partial charge < -0.3 is 25.8 Å². The lowest BCUT2D eigenvalue weighted by Crippen LogP contribution is -2.78. The Morgan fingerprint density at radius 1 is 1.12 bits per heavy atom. The van der Waals surface area contributed by atoms with Crippen molar-refractivity contribution in [2.75, 3.05) is 0 Å². The summed E-state index contributed by atoms with van der Waals surface area (Å²) in [5.74, 6) is -5.67. The molecule has 24 heavy (non-hydrogen) atoms. The number of hydrogen-bond donors (Lipinski definition) is 4. The van der Waals surface area contributed by atoms with Gasteiger partial charge in [0.05, 0.1) is 0 Å². The fourth-order valence-electron chi connectivity index (χ4n) is 2.99. The minimum absolute atomic E-state index is 0.678. The molecule has 0 saturated carbocycles. The van der Waals surface area contributed by atoms with Crippen molar-refractivity contribution < 1.29 is 39.2 Å². The maximum atomic E-state index is 12.1. The number of aliphatic hydroxyl groups excluding tert-OH is 1. The second-order valence-electron chi connectivity index (χ2n) is 5.89. The predicted molar refractivity (Wildman–Crippen MR) is 79.8 cm³/mol. The number of carbonyl (C=O) groups is 4. The molecule has 0 aromatic rings. The van der Waals surface area contributed by atoms with Crippen LogP contribution in [0.5, 0.6) is 0 Å². The molecule has 6 atom stereocenters. The summed E-state index contributed by atoms with van der Waals surface area (Å²) in [5, 5.41) is 31.7. The number of primary amides is 1. The third kappa shape index (κ3) is 2.98. The monoisotopic (exact) mass is 365 g/mol. The van der Waals surface area contributed by atoms with E-state index >= 15 is 0 Å². The van der Waals surface area contributed by atoms with E-state index in [0.29, 0.717) is 0 Å². The van der Waals surface area contributed by atoms with Gasteiger partial charge >= 0.3 is 0 Å². The Hall–Kier alpha value is -1.39. The Bertz CT molecular complexity index is 563. The van der Waals surface area contributed by atoms with Crippen LogP contribution in [0, 0.1) is 5.92 Å². The summed E-state index contributed by atoms with van der Waals surface area (Å²) in [6, 6.07) is 0. The third-order valence-corrected chi connectivity index (χ3v) is 4.73. The highest BCUT2D eigenvalue weighted by molar-refractivity contribution is 6.20. The van der Waals surface area contributed by atoms with Crippen LogP contribution >= 0.6 is 11.6 Å². The lowest BCUT2D eigenvalue weighted by molar-refractivity contribution is -0.277. The third-order valence-electron chi connectivity index (χ3n) is 4.32. The average molecular weight is 366 g/mol. The van der Waals surface area contributed by atoms with Crippen LogP contribution in [-0.4, -0.2) is 67.5 Å². The average Bonchev–Trinajstić information content (AvgIpc) is 2.45. The van der Waals surface area contributed by atoms with Crippen LogP contribution in [0.3, 0.4) is 0 Å². The van der Waals surface area contributed by atoms with Crippen LogP contribution in [0.15, 0.2) is 0 Å². The van der Waals surface area contributed by atoms with E-state index in [1.54, 1.807) is 0 Å². The molecule has 0 aliphatic carbocycles. The number of ketones is 3. The largest absolute Gasteiger partial charge is 0.382 e. The smallest absolute Gasteiger partial charge is 0.217 e. The number of Topliss-reactive ketones (excluding diaryl/α,β-unsaturated/α-hetero) is 3. The fourth-order valence-corrected chi connectivity index (χ4v) is 3.38. The van der Waals surface area contributed by atoms with Crippen LogP contribution in [0.4, 0.5) is 0 Å². The maximum absolute atomic E-state index is 12.1. The molecular weight excluding hydrogens is 346 g/mol. The van der Waals surface area contributed by atoms with Gasteiger partial charge in [-0.3, -0.25) is 19.2 Å². The SMILES string of the molecule is CC(=O)C(O)[C@H]1O[C@H](Cl)[C@@H](CC(N)=O)[C@](O)(C(C)=O)[C@@]1(O)C(C)=O. The molecule has 5 N–H and O–H groups in total. The molecule has 1 unspecified atom stereocenters. The number of rotatable bonds is 6. The zero-order valence-electron chi connectivity index (χ0n) is 13.4. The number of ether oxygens (including phenoxy) is 1. The van der Waals surface area contributed by atoms with Gasteiger partial charge in [0.15, 0.2) is 28.6 Å². The molecule has 1 rings (SSSR count). The number of halogens is 1. The molecule has 9 nitrogen and oxygen atoms in total. The van der Waals surface area contributed by atoms with Crippen LogP contribution in [0.25, 0.3) is 0 Å². The molecule has 0 spiro atoms. The number of alkyl halides is 1. The van der Waals surface area contributed by atoms with Crippen molar-refractivity contribution in [1.82, 2.24) is 0 Å². The fraction of sp³-hybridized carbons (Fsp3) is 0.714. The summed E-state index contributed by atoms with van der Waals surface area (Å²) in [4.78, 5) is 46.9. The van der Waals surface area contributed by atoms with Gasteiger partial charge in [0.2, 0.25) is 5.91 Å². The van der Waals surface area contributed by atoms with Crippen molar-refractivity contribution in [2.24, 2.45) is 11.7 Å². The van der Waals surface area contributed by atoms with E-state index in [2.05, 4.69) is 0 Å². The van der Waals surface area contributed by atoms with Gasteiger partial charge in [-0.1, -0.05) is 11.6 Å². The van der Waals surface area contributed by atoms with Crippen molar-refractivity contribution in [3.05, 3.63) is 0 Å².